The van der Waals surface area contributed by atoms with Crippen molar-refractivity contribution in [1.29, 1.82) is 0 Å². The molecule has 0 fully saturated rings. The van der Waals surface area contributed by atoms with E-state index >= 15 is 0 Å². The van der Waals surface area contributed by atoms with Crippen LogP contribution in [0.15, 0.2) is 44.3 Å². The van der Waals surface area contributed by atoms with E-state index in [1.165, 1.54) is 17.8 Å². The van der Waals surface area contributed by atoms with Gasteiger partial charge in [0.2, 0.25) is 0 Å². The third kappa shape index (κ3) is 3.47. The first-order valence-electron chi connectivity index (χ1n) is 5.58. The van der Waals surface area contributed by atoms with E-state index < -0.39 is 16.0 Å². The number of carboxylic acids is 1. The van der Waals surface area contributed by atoms with Gasteiger partial charge in [0.1, 0.15) is 10.6 Å². The van der Waals surface area contributed by atoms with Crippen molar-refractivity contribution in [3.63, 3.8) is 0 Å². The van der Waals surface area contributed by atoms with Gasteiger partial charge in [-0.05, 0) is 40.2 Å². The summed E-state index contributed by atoms with van der Waals surface area (Å²) >= 11 is 6.53. The van der Waals surface area contributed by atoms with Gasteiger partial charge in [0.25, 0.3) is 10.0 Å². The first kappa shape index (κ1) is 16.1. The first-order chi connectivity index (χ1) is 9.70. The number of halogens is 2. The molecule has 0 spiro atoms. The van der Waals surface area contributed by atoms with Crippen molar-refractivity contribution in [1.82, 2.24) is 4.57 Å². The van der Waals surface area contributed by atoms with Gasteiger partial charge in [0, 0.05) is 22.2 Å². The van der Waals surface area contributed by atoms with Crippen LogP contribution in [-0.2, 0) is 17.1 Å². The fourth-order valence-corrected chi connectivity index (χ4v) is 4.10. The quantitative estimate of drug-likeness (QED) is 0.769. The second-order valence-electron chi connectivity index (χ2n) is 4.21. The molecule has 0 radical (unpaired) electrons. The summed E-state index contributed by atoms with van der Waals surface area (Å²) < 4.78 is 29.6. The van der Waals surface area contributed by atoms with Crippen molar-refractivity contribution in [2.24, 2.45) is 7.05 Å². The zero-order valence-electron chi connectivity index (χ0n) is 10.7. The van der Waals surface area contributed by atoms with Crippen molar-refractivity contribution in [2.75, 3.05) is 4.72 Å². The number of nitrogens with zero attached hydrogens (tertiary/aromatic N) is 1. The molecule has 2 N–H and O–H groups in total. The molecule has 0 aliphatic carbocycles. The van der Waals surface area contributed by atoms with Gasteiger partial charge in [0.05, 0.1) is 5.69 Å². The molecule has 0 saturated heterocycles. The van der Waals surface area contributed by atoms with Gasteiger partial charge in [-0.25, -0.2) is 13.2 Å². The van der Waals surface area contributed by atoms with E-state index in [0.29, 0.717) is 10.2 Å². The van der Waals surface area contributed by atoms with Gasteiger partial charge in [-0.1, -0.05) is 15.9 Å². The minimum absolute atomic E-state index is 0.106. The van der Waals surface area contributed by atoms with E-state index in [9.17, 15) is 13.2 Å². The SMILES string of the molecule is Cn1cc(S(=O)(=O)Nc2ccc(Br)cc2Br)cc1C(=O)O. The predicted molar refractivity (Wildman–Crippen MR) is 85.0 cm³/mol. The molecular weight excluding hydrogens is 428 g/mol. The van der Waals surface area contributed by atoms with Crippen molar-refractivity contribution in [2.45, 2.75) is 4.90 Å². The molecule has 2 rings (SSSR count). The molecule has 0 aliphatic rings. The highest BCUT2D eigenvalue weighted by molar-refractivity contribution is 9.11. The molecular formula is C12H10Br2N2O4S. The Kier molecular flexibility index (Phi) is 4.45. The number of rotatable bonds is 4. The molecule has 0 unspecified atom stereocenters. The molecule has 0 amide bonds. The highest BCUT2D eigenvalue weighted by Gasteiger charge is 2.21. The summed E-state index contributed by atoms with van der Waals surface area (Å²) in [7, 11) is -2.39. The molecule has 9 heteroatoms. The maximum Gasteiger partial charge on any atom is 0.352 e. The Morgan fingerprint density at radius 1 is 1.29 bits per heavy atom. The molecule has 0 aliphatic heterocycles. The van der Waals surface area contributed by atoms with Crippen molar-refractivity contribution >= 4 is 53.5 Å². The lowest BCUT2D eigenvalue weighted by Crippen LogP contribution is -2.12. The Morgan fingerprint density at radius 2 is 1.95 bits per heavy atom. The number of aromatic carboxylic acids is 1. The van der Waals surface area contributed by atoms with E-state index in [1.807, 2.05) is 0 Å². The molecule has 0 saturated carbocycles. The van der Waals surface area contributed by atoms with Gasteiger partial charge in [-0.2, -0.15) is 0 Å². The van der Waals surface area contributed by atoms with Crippen LogP contribution in [0.1, 0.15) is 10.5 Å². The third-order valence-electron chi connectivity index (χ3n) is 2.68. The van der Waals surface area contributed by atoms with Gasteiger partial charge >= 0.3 is 5.97 Å². The van der Waals surface area contributed by atoms with Crippen LogP contribution in [0.3, 0.4) is 0 Å². The minimum atomic E-state index is -3.86. The molecule has 1 aromatic carbocycles. The number of carbonyl (C=O) groups is 1. The molecule has 112 valence electrons. The van der Waals surface area contributed by atoms with Crippen LogP contribution in [0, 0.1) is 0 Å². The number of aryl methyl sites for hydroxylation is 1. The van der Waals surface area contributed by atoms with Crippen molar-refractivity contribution < 1.29 is 18.3 Å². The number of hydrogen-bond donors (Lipinski definition) is 2. The van der Waals surface area contributed by atoms with Gasteiger partial charge in [0.15, 0.2) is 0 Å². The first-order valence-corrected chi connectivity index (χ1v) is 8.65. The van der Waals surface area contributed by atoms with Crippen LogP contribution < -0.4 is 4.72 Å². The fourth-order valence-electron chi connectivity index (χ4n) is 1.67. The van der Waals surface area contributed by atoms with Crippen molar-refractivity contribution in [3.05, 3.63) is 45.1 Å². The second kappa shape index (κ2) is 5.82. The van der Waals surface area contributed by atoms with Crippen LogP contribution in [-0.4, -0.2) is 24.1 Å². The van der Waals surface area contributed by atoms with Gasteiger partial charge in [-0.15, -0.1) is 0 Å². The zero-order chi connectivity index (χ0) is 15.8. The Labute approximate surface area is 138 Å². The summed E-state index contributed by atoms with van der Waals surface area (Å²) in [4.78, 5) is 10.8. The highest BCUT2D eigenvalue weighted by Crippen LogP contribution is 2.28. The van der Waals surface area contributed by atoms with E-state index in [0.717, 1.165) is 10.5 Å². The lowest BCUT2D eigenvalue weighted by Gasteiger charge is -2.08. The van der Waals surface area contributed by atoms with Gasteiger partial charge < -0.3 is 9.67 Å². The zero-order valence-corrected chi connectivity index (χ0v) is 14.7. The Morgan fingerprint density at radius 3 is 2.48 bits per heavy atom. The number of carboxylic acid groups (broad SMARTS) is 1. The average molecular weight is 438 g/mol. The summed E-state index contributed by atoms with van der Waals surface area (Å²) in [5.41, 5.74) is 0.254. The summed E-state index contributed by atoms with van der Waals surface area (Å²) in [5.74, 6) is -1.19. The highest BCUT2D eigenvalue weighted by atomic mass is 79.9. The number of sulfonamides is 1. The number of anilines is 1. The van der Waals surface area contributed by atoms with E-state index in [4.69, 9.17) is 5.11 Å². The molecule has 6 nitrogen and oxygen atoms in total. The largest absolute Gasteiger partial charge is 0.477 e. The molecule has 21 heavy (non-hydrogen) atoms. The molecule has 2 aromatic rings. The molecule has 0 atom stereocenters. The fraction of sp³-hybridized carbons (Fsp3) is 0.0833. The van der Waals surface area contributed by atoms with E-state index in [-0.39, 0.29) is 10.6 Å². The molecule has 0 bridgehead atoms. The monoisotopic (exact) mass is 436 g/mol. The standard InChI is InChI=1S/C12H10Br2N2O4S/c1-16-6-8(5-11(16)12(17)18)21(19,20)15-10-3-2-7(13)4-9(10)14/h2-6,15H,1H3,(H,17,18). The number of aromatic nitrogens is 1. The number of benzene rings is 1. The maximum absolute atomic E-state index is 12.3. The average Bonchev–Trinajstić information content (AvgIpc) is 2.76. The molecule has 1 heterocycles. The van der Waals surface area contributed by atoms with Crippen LogP contribution in [0.2, 0.25) is 0 Å². The second-order valence-corrected chi connectivity index (χ2v) is 7.66. The lowest BCUT2D eigenvalue weighted by molar-refractivity contribution is 0.0686. The number of nitrogens with one attached hydrogen (secondary N) is 1. The number of hydrogen-bond acceptors (Lipinski definition) is 3. The van der Waals surface area contributed by atoms with E-state index in [1.54, 1.807) is 18.2 Å². The Balaban J connectivity index is 2.38. The maximum atomic E-state index is 12.3. The summed E-state index contributed by atoms with van der Waals surface area (Å²) in [5, 5.41) is 8.96. The van der Waals surface area contributed by atoms with Crippen LogP contribution in [0.4, 0.5) is 5.69 Å². The summed E-state index contributed by atoms with van der Waals surface area (Å²) in [6, 6.07) is 6.09. The Hall–Kier alpha value is -1.32. The lowest BCUT2D eigenvalue weighted by atomic mass is 10.3. The third-order valence-corrected chi connectivity index (χ3v) is 5.17. The minimum Gasteiger partial charge on any atom is -0.477 e. The van der Waals surface area contributed by atoms with Gasteiger partial charge in [-0.3, -0.25) is 4.72 Å². The Bertz CT molecular complexity index is 815. The van der Waals surface area contributed by atoms with Crippen molar-refractivity contribution in [3.8, 4) is 0 Å². The van der Waals surface area contributed by atoms with E-state index in [2.05, 4.69) is 36.6 Å². The van der Waals surface area contributed by atoms with Crippen LogP contribution in [0.5, 0.6) is 0 Å². The predicted octanol–water partition coefficient (Wildman–Crippen LogP) is 3.05. The normalized spacial score (nSPS) is 11.4. The van der Waals surface area contributed by atoms with Crippen LogP contribution in [0.25, 0.3) is 0 Å². The smallest absolute Gasteiger partial charge is 0.352 e. The summed E-state index contributed by atoms with van der Waals surface area (Å²) in [6.07, 6.45) is 1.25. The topological polar surface area (TPSA) is 88.4 Å². The van der Waals surface area contributed by atoms with Crippen LogP contribution >= 0.6 is 31.9 Å². The molecule has 1 aromatic heterocycles. The summed E-state index contributed by atoms with van der Waals surface area (Å²) in [6.45, 7) is 0.